The number of benzene rings is 1. The van der Waals surface area contributed by atoms with E-state index in [9.17, 15) is 4.79 Å². The summed E-state index contributed by atoms with van der Waals surface area (Å²) < 4.78 is 5.35. The third-order valence-corrected chi connectivity index (χ3v) is 2.49. The van der Waals surface area contributed by atoms with Crippen LogP contribution in [-0.4, -0.2) is 4.98 Å². The van der Waals surface area contributed by atoms with Crippen LogP contribution in [0, 0.1) is 11.3 Å². The molecule has 0 aliphatic carbocycles. The molecule has 3 rings (SSSR count). The Morgan fingerprint density at radius 3 is 2.94 bits per heavy atom. The Morgan fingerprint density at radius 1 is 1.31 bits per heavy atom. The van der Waals surface area contributed by atoms with Gasteiger partial charge in [-0.15, -0.1) is 0 Å². The van der Waals surface area contributed by atoms with E-state index in [0.717, 1.165) is 10.9 Å². The lowest BCUT2D eigenvalue weighted by atomic mass is 10.2. The number of nitrogens with one attached hydrogen (secondary N) is 1. The predicted molar refractivity (Wildman–Crippen MR) is 59.1 cm³/mol. The molecule has 0 aliphatic rings. The summed E-state index contributed by atoms with van der Waals surface area (Å²) in [6.45, 7) is 0. The highest BCUT2D eigenvalue weighted by Gasteiger charge is 2.10. The molecular weight excluding hydrogens is 204 g/mol. The number of para-hydroxylation sites is 1. The van der Waals surface area contributed by atoms with Crippen LogP contribution < -0.4 is 5.43 Å². The normalized spacial score (nSPS) is 10.7. The van der Waals surface area contributed by atoms with Crippen molar-refractivity contribution >= 4 is 22.0 Å². The SMILES string of the molecule is N#Cc1cc(=O)c2[nH]c3ccccc3c2o1. The molecule has 0 saturated heterocycles. The first-order valence-electron chi connectivity index (χ1n) is 4.74. The average Bonchev–Trinajstić information content (AvgIpc) is 2.68. The summed E-state index contributed by atoms with van der Waals surface area (Å²) in [7, 11) is 0. The second-order valence-corrected chi connectivity index (χ2v) is 3.46. The van der Waals surface area contributed by atoms with Crippen LogP contribution in [0.2, 0.25) is 0 Å². The lowest BCUT2D eigenvalue weighted by Gasteiger charge is -1.90. The maximum atomic E-state index is 11.7. The van der Waals surface area contributed by atoms with Crippen LogP contribution in [-0.2, 0) is 0 Å². The van der Waals surface area contributed by atoms with Crippen molar-refractivity contribution < 1.29 is 4.42 Å². The first-order valence-corrected chi connectivity index (χ1v) is 4.74. The van der Waals surface area contributed by atoms with E-state index in [-0.39, 0.29) is 11.2 Å². The van der Waals surface area contributed by atoms with Crippen molar-refractivity contribution in [2.24, 2.45) is 0 Å². The lowest BCUT2D eigenvalue weighted by molar-refractivity contribution is 0.589. The van der Waals surface area contributed by atoms with Crippen molar-refractivity contribution in [3.05, 3.63) is 46.3 Å². The Labute approximate surface area is 89.7 Å². The van der Waals surface area contributed by atoms with Crippen LogP contribution in [0.3, 0.4) is 0 Å². The summed E-state index contributed by atoms with van der Waals surface area (Å²) in [5, 5.41) is 9.55. The maximum Gasteiger partial charge on any atom is 0.210 e. The zero-order chi connectivity index (χ0) is 11.1. The molecule has 2 heterocycles. The minimum atomic E-state index is -0.228. The van der Waals surface area contributed by atoms with Crippen LogP contribution in [0.1, 0.15) is 5.76 Å². The Kier molecular flexibility index (Phi) is 1.62. The van der Waals surface area contributed by atoms with Crippen LogP contribution in [0.15, 0.2) is 39.5 Å². The summed E-state index contributed by atoms with van der Waals surface area (Å²) >= 11 is 0. The molecule has 1 aromatic carbocycles. The molecule has 0 aliphatic heterocycles. The van der Waals surface area contributed by atoms with Gasteiger partial charge in [0.15, 0.2) is 5.58 Å². The number of nitriles is 1. The van der Waals surface area contributed by atoms with Crippen molar-refractivity contribution in [3.63, 3.8) is 0 Å². The van der Waals surface area contributed by atoms with E-state index in [1.165, 1.54) is 6.07 Å². The molecule has 1 N–H and O–H groups in total. The summed E-state index contributed by atoms with van der Waals surface area (Å²) in [5.74, 6) is 0.0299. The number of H-pyrrole nitrogens is 1. The fourth-order valence-electron chi connectivity index (χ4n) is 1.78. The predicted octanol–water partition coefficient (Wildman–Crippen LogP) is 2.15. The molecule has 0 spiro atoms. The zero-order valence-electron chi connectivity index (χ0n) is 8.15. The van der Waals surface area contributed by atoms with Gasteiger partial charge in [0.1, 0.15) is 11.6 Å². The molecule has 0 fully saturated rings. The van der Waals surface area contributed by atoms with Crippen molar-refractivity contribution in [1.29, 1.82) is 5.26 Å². The molecule has 0 unspecified atom stereocenters. The van der Waals surface area contributed by atoms with E-state index in [1.54, 1.807) is 0 Å². The van der Waals surface area contributed by atoms with E-state index in [1.807, 2.05) is 30.3 Å². The molecule has 3 aromatic rings. The van der Waals surface area contributed by atoms with Crippen molar-refractivity contribution in [2.45, 2.75) is 0 Å². The van der Waals surface area contributed by atoms with Gasteiger partial charge in [0.25, 0.3) is 0 Å². The first kappa shape index (κ1) is 8.74. The van der Waals surface area contributed by atoms with Crippen LogP contribution >= 0.6 is 0 Å². The molecule has 0 atom stereocenters. The molecule has 0 saturated carbocycles. The Balaban J connectivity index is 2.62. The van der Waals surface area contributed by atoms with Gasteiger partial charge in [0, 0.05) is 17.0 Å². The third-order valence-electron chi connectivity index (χ3n) is 2.49. The number of hydrogen-bond donors (Lipinski definition) is 1. The van der Waals surface area contributed by atoms with Gasteiger partial charge in [0.2, 0.25) is 11.2 Å². The van der Waals surface area contributed by atoms with Crippen LogP contribution in [0.25, 0.3) is 22.0 Å². The first-order chi connectivity index (χ1) is 7.79. The number of hydrogen-bond acceptors (Lipinski definition) is 3. The second-order valence-electron chi connectivity index (χ2n) is 3.46. The average molecular weight is 210 g/mol. The number of aromatic nitrogens is 1. The van der Waals surface area contributed by atoms with E-state index < -0.39 is 0 Å². The summed E-state index contributed by atoms with van der Waals surface area (Å²) in [6.07, 6.45) is 0. The third kappa shape index (κ3) is 1.06. The molecule has 4 heteroatoms. The standard InChI is InChI=1S/C12H6N2O2/c13-6-7-5-10(15)11-12(16-7)8-3-1-2-4-9(8)14-11/h1-5,14H. The fraction of sp³-hybridized carbons (Fsp3) is 0. The Bertz CT molecular complexity index is 790. The van der Waals surface area contributed by atoms with E-state index in [0.29, 0.717) is 11.1 Å². The highest BCUT2D eigenvalue weighted by molar-refractivity contribution is 6.03. The van der Waals surface area contributed by atoms with Gasteiger partial charge in [-0.25, -0.2) is 0 Å². The van der Waals surface area contributed by atoms with Gasteiger partial charge in [-0.3, -0.25) is 4.79 Å². The molecule has 0 bridgehead atoms. The molecule has 16 heavy (non-hydrogen) atoms. The summed E-state index contributed by atoms with van der Waals surface area (Å²) in [6, 6.07) is 10.5. The Hall–Kier alpha value is -2.54. The highest BCUT2D eigenvalue weighted by Crippen LogP contribution is 2.23. The van der Waals surface area contributed by atoms with Gasteiger partial charge in [-0.2, -0.15) is 5.26 Å². The van der Waals surface area contributed by atoms with Crippen LogP contribution in [0.4, 0.5) is 0 Å². The van der Waals surface area contributed by atoms with Crippen molar-refractivity contribution in [1.82, 2.24) is 4.98 Å². The highest BCUT2D eigenvalue weighted by atomic mass is 16.3. The molecule has 4 nitrogen and oxygen atoms in total. The van der Waals surface area contributed by atoms with Gasteiger partial charge >= 0.3 is 0 Å². The quantitative estimate of drug-likeness (QED) is 0.618. The number of aromatic amines is 1. The van der Waals surface area contributed by atoms with Gasteiger partial charge in [0.05, 0.1) is 0 Å². The lowest BCUT2D eigenvalue weighted by Crippen LogP contribution is -1.99. The molecule has 0 radical (unpaired) electrons. The minimum Gasteiger partial charge on any atom is -0.443 e. The van der Waals surface area contributed by atoms with E-state index in [2.05, 4.69) is 4.98 Å². The number of rotatable bonds is 0. The van der Waals surface area contributed by atoms with Gasteiger partial charge in [-0.1, -0.05) is 12.1 Å². The second kappa shape index (κ2) is 2.97. The van der Waals surface area contributed by atoms with Crippen molar-refractivity contribution in [3.8, 4) is 6.07 Å². The molecule has 0 amide bonds. The molecular formula is C12H6N2O2. The smallest absolute Gasteiger partial charge is 0.210 e. The van der Waals surface area contributed by atoms with E-state index in [4.69, 9.17) is 9.68 Å². The summed E-state index contributed by atoms with van der Waals surface area (Å²) in [5.41, 5.74) is 1.45. The summed E-state index contributed by atoms with van der Waals surface area (Å²) in [4.78, 5) is 14.7. The van der Waals surface area contributed by atoms with Crippen molar-refractivity contribution in [2.75, 3.05) is 0 Å². The van der Waals surface area contributed by atoms with Crippen LogP contribution in [0.5, 0.6) is 0 Å². The zero-order valence-corrected chi connectivity index (χ0v) is 8.15. The van der Waals surface area contributed by atoms with E-state index >= 15 is 0 Å². The molecule has 2 aromatic heterocycles. The fourth-order valence-corrected chi connectivity index (χ4v) is 1.78. The topological polar surface area (TPSA) is 69.8 Å². The van der Waals surface area contributed by atoms with Gasteiger partial charge in [-0.05, 0) is 12.1 Å². The largest absolute Gasteiger partial charge is 0.443 e. The number of fused-ring (bicyclic) bond motifs is 3. The number of nitrogens with zero attached hydrogens (tertiary/aromatic N) is 1. The Morgan fingerprint density at radius 2 is 2.12 bits per heavy atom. The maximum absolute atomic E-state index is 11.7. The van der Waals surface area contributed by atoms with Gasteiger partial charge < -0.3 is 9.40 Å². The minimum absolute atomic E-state index is 0.0299. The molecule has 76 valence electrons. The monoisotopic (exact) mass is 210 g/mol.